The molecule has 0 aliphatic rings. The molecule has 0 rings (SSSR count). The van der Waals surface area contributed by atoms with Gasteiger partial charge >= 0.3 is 0 Å². The number of carbonyl (C=O) groups excluding carboxylic acids is 2. The normalized spacial score (nSPS) is 13.7. The smallest absolute Gasteiger partial charge is 0.155 e. The molecule has 1 unspecified atom stereocenters. The van der Waals surface area contributed by atoms with Crippen LogP contribution < -0.4 is 5.32 Å². The van der Waals surface area contributed by atoms with Crippen LogP contribution in [0.1, 0.15) is 47.5 Å². The van der Waals surface area contributed by atoms with Crippen molar-refractivity contribution in [1.29, 1.82) is 0 Å². The number of ketones is 2. The molecule has 0 aromatic rings. The Kier molecular flexibility index (Phi) is 5.73. The summed E-state index contributed by atoms with van der Waals surface area (Å²) < 4.78 is 0. The molecule has 3 heteroatoms. The highest BCUT2D eigenvalue weighted by atomic mass is 16.1. The molecule has 0 aromatic carbocycles. The zero-order valence-corrected chi connectivity index (χ0v) is 10.5. The summed E-state index contributed by atoms with van der Waals surface area (Å²) >= 11 is 0. The van der Waals surface area contributed by atoms with Crippen molar-refractivity contribution < 1.29 is 9.59 Å². The molecule has 0 aliphatic carbocycles. The van der Waals surface area contributed by atoms with Crippen LogP contribution in [0.5, 0.6) is 0 Å². The third-order valence-electron chi connectivity index (χ3n) is 2.33. The molecule has 0 saturated heterocycles. The average molecular weight is 213 g/mol. The van der Waals surface area contributed by atoms with Crippen LogP contribution in [-0.2, 0) is 9.59 Å². The van der Waals surface area contributed by atoms with Crippen molar-refractivity contribution in [2.75, 3.05) is 6.54 Å². The predicted molar refractivity (Wildman–Crippen MR) is 61.8 cm³/mol. The van der Waals surface area contributed by atoms with Crippen LogP contribution in [0.25, 0.3) is 0 Å². The lowest BCUT2D eigenvalue weighted by Crippen LogP contribution is -2.44. The first kappa shape index (κ1) is 14.3. The van der Waals surface area contributed by atoms with Gasteiger partial charge in [0.1, 0.15) is 5.78 Å². The van der Waals surface area contributed by atoms with E-state index < -0.39 is 0 Å². The SMILES string of the molecule is CCNC(CC(=O)CC)C(=O)C(C)(C)C. The van der Waals surface area contributed by atoms with Crippen molar-refractivity contribution in [3.8, 4) is 0 Å². The molecule has 3 nitrogen and oxygen atoms in total. The molecule has 0 fully saturated rings. The van der Waals surface area contributed by atoms with Gasteiger partial charge in [-0.1, -0.05) is 34.6 Å². The second kappa shape index (κ2) is 6.01. The number of carbonyl (C=O) groups is 2. The van der Waals surface area contributed by atoms with E-state index in [1.165, 1.54) is 0 Å². The van der Waals surface area contributed by atoms with E-state index in [2.05, 4.69) is 5.32 Å². The first-order valence-electron chi connectivity index (χ1n) is 5.62. The lowest BCUT2D eigenvalue weighted by Gasteiger charge is -2.24. The van der Waals surface area contributed by atoms with Crippen molar-refractivity contribution in [2.45, 2.75) is 53.5 Å². The quantitative estimate of drug-likeness (QED) is 0.733. The number of hydrogen-bond acceptors (Lipinski definition) is 3. The van der Waals surface area contributed by atoms with Gasteiger partial charge in [0.2, 0.25) is 0 Å². The highest BCUT2D eigenvalue weighted by molar-refractivity contribution is 5.93. The fraction of sp³-hybridized carbons (Fsp3) is 0.833. The second-order valence-corrected chi connectivity index (χ2v) is 4.82. The predicted octanol–water partition coefficient (Wildman–Crippen LogP) is 1.95. The fourth-order valence-corrected chi connectivity index (χ4v) is 1.40. The Hall–Kier alpha value is -0.700. The molecule has 0 aliphatic heterocycles. The monoisotopic (exact) mass is 213 g/mol. The number of rotatable bonds is 6. The summed E-state index contributed by atoms with van der Waals surface area (Å²) in [5.74, 6) is 0.254. The van der Waals surface area contributed by atoms with Crippen molar-refractivity contribution in [1.82, 2.24) is 5.32 Å². The number of Topliss-reactive ketones (excluding diaryl/α,β-unsaturated/α-hetero) is 2. The van der Waals surface area contributed by atoms with Gasteiger partial charge in [-0.3, -0.25) is 9.59 Å². The molecule has 0 radical (unpaired) electrons. The maximum absolute atomic E-state index is 12.0. The molecule has 0 spiro atoms. The molecule has 88 valence electrons. The summed E-state index contributed by atoms with van der Waals surface area (Å²) in [6.07, 6.45) is 0.819. The van der Waals surface area contributed by atoms with Gasteiger partial charge < -0.3 is 5.32 Å². The summed E-state index contributed by atoms with van der Waals surface area (Å²) in [6, 6.07) is -0.317. The molecule has 0 bridgehead atoms. The van der Waals surface area contributed by atoms with Crippen LogP contribution in [0, 0.1) is 5.41 Å². The van der Waals surface area contributed by atoms with Crippen LogP contribution in [0.4, 0.5) is 0 Å². The molecule has 1 N–H and O–H groups in total. The van der Waals surface area contributed by atoms with E-state index in [0.29, 0.717) is 19.4 Å². The van der Waals surface area contributed by atoms with Gasteiger partial charge in [-0.05, 0) is 6.54 Å². The maximum atomic E-state index is 12.0. The number of nitrogens with one attached hydrogen (secondary N) is 1. The molecule has 15 heavy (non-hydrogen) atoms. The summed E-state index contributed by atoms with van der Waals surface area (Å²) in [7, 11) is 0. The molecule has 0 saturated carbocycles. The zero-order valence-electron chi connectivity index (χ0n) is 10.5. The Balaban J connectivity index is 4.52. The minimum absolute atomic E-state index is 0.117. The lowest BCUT2D eigenvalue weighted by atomic mass is 9.84. The van der Waals surface area contributed by atoms with Crippen molar-refractivity contribution in [2.24, 2.45) is 5.41 Å². The average Bonchev–Trinajstić information content (AvgIpc) is 2.14. The first-order valence-corrected chi connectivity index (χ1v) is 5.62. The van der Waals surface area contributed by atoms with Gasteiger partial charge in [-0.15, -0.1) is 0 Å². The topological polar surface area (TPSA) is 46.2 Å². The van der Waals surface area contributed by atoms with Gasteiger partial charge in [0.15, 0.2) is 5.78 Å². The minimum atomic E-state index is -0.388. The van der Waals surface area contributed by atoms with Gasteiger partial charge in [-0.25, -0.2) is 0 Å². The standard InChI is InChI=1S/C12H23NO2/c1-6-9(14)8-10(13-7-2)11(15)12(3,4)5/h10,13H,6-8H2,1-5H3. The van der Waals surface area contributed by atoms with E-state index in [1.54, 1.807) is 0 Å². The van der Waals surface area contributed by atoms with E-state index >= 15 is 0 Å². The van der Waals surface area contributed by atoms with Crippen molar-refractivity contribution in [3.05, 3.63) is 0 Å². The molecule has 1 atom stereocenters. The van der Waals surface area contributed by atoms with E-state index in [-0.39, 0.29) is 23.0 Å². The summed E-state index contributed by atoms with van der Waals surface area (Å²) in [5, 5.41) is 3.08. The Labute approximate surface area is 92.6 Å². The van der Waals surface area contributed by atoms with E-state index in [0.717, 1.165) is 0 Å². The summed E-state index contributed by atoms with van der Waals surface area (Å²) in [4.78, 5) is 23.3. The number of likely N-dealkylation sites (N-methyl/N-ethyl adjacent to an activating group) is 1. The largest absolute Gasteiger partial charge is 0.307 e. The molecular weight excluding hydrogens is 190 g/mol. The van der Waals surface area contributed by atoms with Gasteiger partial charge in [0, 0.05) is 18.3 Å². The third kappa shape index (κ3) is 5.07. The molecular formula is C12H23NO2. The fourth-order valence-electron chi connectivity index (χ4n) is 1.40. The Bertz CT molecular complexity index is 228. The zero-order chi connectivity index (χ0) is 12.1. The Morgan fingerprint density at radius 2 is 1.73 bits per heavy atom. The van der Waals surface area contributed by atoms with Crippen LogP contribution >= 0.6 is 0 Å². The van der Waals surface area contributed by atoms with Gasteiger partial charge in [0.05, 0.1) is 6.04 Å². The molecule has 0 heterocycles. The van der Waals surface area contributed by atoms with Crippen LogP contribution in [0.15, 0.2) is 0 Å². The Morgan fingerprint density at radius 1 is 1.20 bits per heavy atom. The maximum Gasteiger partial charge on any atom is 0.155 e. The van der Waals surface area contributed by atoms with Gasteiger partial charge in [0.25, 0.3) is 0 Å². The van der Waals surface area contributed by atoms with Crippen LogP contribution in [-0.4, -0.2) is 24.2 Å². The number of hydrogen-bond donors (Lipinski definition) is 1. The lowest BCUT2D eigenvalue weighted by molar-refractivity contribution is -0.131. The minimum Gasteiger partial charge on any atom is -0.307 e. The summed E-state index contributed by atoms with van der Waals surface area (Å²) in [5.41, 5.74) is -0.388. The highest BCUT2D eigenvalue weighted by Gasteiger charge is 2.29. The molecule has 0 amide bonds. The van der Waals surface area contributed by atoms with E-state index in [9.17, 15) is 9.59 Å². The van der Waals surface area contributed by atoms with Crippen molar-refractivity contribution in [3.63, 3.8) is 0 Å². The molecule has 0 aromatic heterocycles. The third-order valence-corrected chi connectivity index (χ3v) is 2.33. The van der Waals surface area contributed by atoms with E-state index in [1.807, 2.05) is 34.6 Å². The highest BCUT2D eigenvalue weighted by Crippen LogP contribution is 2.18. The van der Waals surface area contributed by atoms with Gasteiger partial charge in [-0.2, -0.15) is 0 Å². The van der Waals surface area contributed by atoms with E-state index in [4.69, 9.17) is 0 Å². The second-order valence-electron chi connectivity index (χ2n) is 4.82. The first-order chi connectivity index (χ1) is 6.82. The van der Waals surface area contributed by atoms with Crippen LogP contribution in [0.3, 0.4) is 0 Å². The Morgan fingerprint density at radius 3 is 2.07 bits per heavy atom. The van der Waals surface area contributed by atoms with Crippen LogP contribution in [0.2, 0.25) is 0 Å². The van der Waals surface area contributed by atoms with Crippen molar-refractivity contribution >= 4 is 11.6 Å². The summed E-state index contributed by atoms with van der Waals surface area (Å²) in [6.45, 7) is 10.1.